The molecule has 0 aromatic heterocycles. The number of hydrogen-bond donors (Lipinski definition) is 0. The Morgan fingerprint density at radius 3 is 2.56 bits per heavy atom. The Hall–Kier alpha value is -2.68. The lowest BCUT2D eigenvalue weighted by Crippen LogP contribution is -2.17. The fourth-order valence-electron chi connectivity index (χ4n) is 2.70. The van der Waals surface area contributed by atoms with Crippen molar-refractivity contribution in [2.45, 2.75) is 6.92 Å². The van der Waals surface area contributed by atoms with E-state index in [1.807, 2.05) is 36.4 Å². The van der Waals surface area contributed by atoms with Crippen LogP contribution < -0.4 is 9.47 Å². The molecular weight excluding hydrogens is 459 g/mol. The summed E-state index contributed by atoms with van der Waals surface area (Å²) in [6, 6.07) is 13.1. The van der Waals surface area contributed by atoms with Gasteiger partial charge in [-0.2, -0.15) is 5.10 Å². The number of benzene rings is 2. The minimum absolute atomic E-state index is 0.188. The van der Waals surface area contributed by atoms with Gasteiger partial charge in [0.15, 0.2) is 11.5 Å². The van der Waals surface area contributed by atoms with Crippen LogP contribution in [0.4, 0.5) is 0 Å². The Labute approximate surface area is 170 Å². The summed E-state index contributed by atoms with van der Waals surface area (Å²) in [5.41, 5.74) is 2.71. The smallest absolute Gasteiger partial charge is 0.308 e. The van der Waals surface area contributed by atoms with Crippen molar-refractivity contribution < 1.29 is 19.1 Å². The number of hydrazone groups is 1. The summed E-state index contributed by atoms with van der Waals surface area (Å²) in [4.78, 5) is 23.9. The highest BCUT2D eigenvalue weighted by atomic mass is 127. The van der Waals surface area contributed by atoms with Gasteiger partial charge in [-0.05, 0) is 46.4 Å². The molecule has 1 heterocycles. The molecule has 2 aromatic carbocycles. The summed E-state index contributed by atoms with van der Waals surface area (Å²) in [6.45, 7) is 1.33. The lowest BCUT2D eigenvalue weighted by Gasteiger charge is -2.11. The van der Waals surface area contributed by atoms with Crippen molar-refractivity contribution in [3.63, 3.8) is 0 Å². The van der Waals surface area contributed by atoms with Crippen molar-refractivity contribution in [3.8, 4) is 11.5 Å². The lowest BCUT2D eigenvalue weighted by molar-refractivity contribution is -0.132. The molecule has 1 aliphatic rings. The summed E-state index contributed by atoms with van der Waals surface area (Å²) in [6.07, 6.45) is 1.76. The first-order valence-electron chi connectivity index (χ1n) is 8.11. The number of rotatable bonds is 4. The third-order valence-electron chi connectivity index (χ3n) is 3.89. The molecule has 7 heteroatoms. The van der Waals surface area contributed by atoms with E-state index < -0.39 is 5.97 Å². The first-order valence-corrected chi connectivity index (χ1v) is 9.18. The summed E-state index contributed by atoms with van der Waals surface area (Å²) >= 11 is 2.07. The number of esters is 1. The Bertz CT molecular complexity index is 967. The highest BCUT2D eigenvalue weighted by Gasteiger charge is 2.28. The second kappa shape index (κ2) is 7.91. The maximum atomic E-state index is 12.6. The Balaban J connectivity index is 2.07. The van der Waals surface area contributed by atoms with Crippen LogP contribution in [0.1, 0.15) is 18.1 Å². The van der Waals surface area contributed by atoms with E-state index in [0.717, 1.165) is 11.1 Å². The third kappa shape index (κ3) is 4.02. The third-order valence-corrected chi connectivity index (χ3v) is 4.69. The van der Waals surface area contributed by atoms with Crippen LogP contribution in [0.15, 0.2) is 53.1 Å². The van der Waals surface area contributed by atoms with E-state index in [2.05, 4.69) is 27.7 Å². The van der Waals surface area contributed by atoms with Crippen LogP contribution in [0.5, 0.6) is 11.5 Å². The average molecular weight is 476 g/mol. The van der Waals surface area contributed by atoms with E-state index >= 15 is 0 Å². The average Bonchev–Trinajstić information content (AvgIpc) is 2.92. The largest absolute Gasteiger partial charge is 0.493 e. The van der Waals surface area contributed by atoms with Gasteiger partial charge in [0, 0.05) is 19.5 Å². The minimum atomic E-state index is -0.427. The van der Waals surface area contributed by atoms with Crippen molar-refractivity contribution in [1.29, 1.82) is 0 Å². The van der Waals surface area contributed by atoms with E-state index in [1.54, 1.807) is 19.2 Å². The van der Waals surface area contributed by atoms with Gasteiger partial charge in [-0.3, -0.25) is 9.59 Å². The zero-order valence-electron chi connectivity index (χ0n) is 15.0. The molecule has 6 nitrogen and oxygen atoms in total. The molecule has 0 unspecified atom stereocenters. The molecule has 0 radical (unpaired) electrons. The number of amides is 1. The zero-order chi connectivity index (χ0) is 19.6. The molecule has 0 aliphatic carbocycles. The van der Waals surface area contributed by atoms with E-state index in [0.29, 0.717) is 26.4 Å². The summed E-state index contributed by atoms with van der Waals surface area (Å²) in [7, 11) is 3.13. The summed E-state index contributed by atoms with van der Waals surface area (Å²) < 4.78 is 11.3. The van der Waals surface area contributed by atoms with Crippen LogP contribution in [0, 0.1) is 3.57 Å². The number of halogens is 1. The minimum Gasteiger partial charge on any atom is -0.493 e. The van der Waals surface area contributed by atoms with Crippen LogP contribution in [0.3, 0.4) is 0 Å². The van der Waals surface area contributed by atoms with Gasteiger partial charge in [0.25, 0.3) is 5.91 Å². The second-order valence-corrected chi connectivity index (χ2v) is 6.99. The maximum Gasteiger partial charge on any atom is 0.308 e. The molecule has 0 fully saturated rings. The molecule has 0 bridgehead atoms. The fourth-order valence-corrected chi connectivity index (χ4v) is 3.43. The Kier molecular flexibility index (Phi) is 5.59. The topological polar surface area (TPSA) is 68.2 Å². The number of carbonyl (C=O) groups excluding carboxylic acids is 2. The van der Waals surface area contributed by atoms with E-state index in [9.17, 15) is 9.59 Å². The quantitative estimate of drug-likeness (QED) is 0.293. The maximum absolute atomic E-state index is 12.6. The molecule has 27 heavy (non-hydrogen) atoms. The van der Waals surface area contributed by atoms with Gasteiger partial charge in [0.05, 0.1) is 16.3 Å². The first-order chi connectivity index (χ1) is 12.9. The number of hydrogen-bond acceptors (Lipinski definition) is 5. The molecule has 1 aliphatic heterocycles. The number of ether oxygens (including phenoxy) is 2. The van der Waals surface area contributed by atoms with Gasteiger partial charge in [0.2, 0.25) is 0 Å². The number of likely N-dealkylation sites (N-methyl/N-ethyl adjacent to an activating group) is 1. The van der Waals surface area contributed by atoms with Gasteiger partial charge in [-0.25, -0.2) is 5.01 Å². The highest BCUT2D eigenvalue weighted by molar-refractivity contribution is 14.1. The molecule has 0 saturated carbocycles. The highest BCUT2D eigenvalue weighted by Crippen LogP contribution is 2.35. The van der Waals surface area contributed by atoms with Crippen LogP contribution in [0.2, 0.25) is 0 Å². The SMILES string of the molecule is COc1cc(C=C2C(=O)N(C)N=C2c2ccccc2)cc(I)c1OC(C)=O. The molecule has 0 spiro atoms. The van der Waals surface area contributed by atoms with Crippen molar-refractivity contribution in [2.24, 2.45) is 5.10 Å². The van der Waals surface area contributed by atoms with E-state index in [-0.39, 0.29) is 5.91 Å². The number of nitrogens with zero attached hydrogens (tertiary/aromatic N) is 2. The van der Waals surface area contributed by atoms with Crippen LogP contribution in [-0.2, 0) is 9.59 Å². The van der Waals surface area contributed by atoms with Crippen molar-refractivity contribution in [2.75, 3.05) is 14.2 Å². The predicted octanol–water partition coefficient (Wildman–Crippen LogP) is 3.48. The van der Waals surface area contributed by atoms with Gasteiger partial charge in [0.1, 0.15) is 5.71 Å². The molecule has 0 N–H and O–H groups in total. The van der Waals surface area contributed by atoms with E-state index in [4.69, 9.17) is 9.47 Å². The monoisotopic (exact) mass is 476 g/mol. The van der Waals surface area contributed by atoms with Crippen LogP contribution in [-0.4, -0.2) is 36.8 Å². The number of carbonyl (C=O) groups is 2. The molecule has 0 saturated heterocycles. The first kappa shape index (κ1) is 19.1. The molecule has 1 amide bonds. The number of methoxy groups -OCH3 is 1. The Morgan fingerprint density at radius 2 is 1.93 bits per heavy atom. The van der Waals surface area contributed by atoms with Gasteiger partial charge < -0.3 is 9.47 Å². The van der Waals surface area contributed by atoms with E-state index in [1.165, 1.54) is 19.0 Å². The molecule has 138 valence electrons. The zero-order valence-corrected chi connectivity index (χ0v) is 17.2. The van der Waals surface area contributed by atoms with Crippen molar-refractivity contribution >= 4 is 46.3 Å². The molecular formula is C20H17IN2O4. The van der Waals surface area contributed by atoms with Crippen LogP contribution >= 0.6 is 22.6 Å². The van der Waals surface area contributed by atoms with Crippen molar-refractivity contribution in [3.05, 3.63) is 62.7 Å². The van der Waals surface area contributed by atoms with Gasteiger partial charge >= 0.3 is 5.97 Å². The van der Waals surface area contributed by atoms with Crippen LogP contribution in [0.25, 0.3) is 6.08 Å². The van der Waals surface area contributed by atoms with Gasteiger partial charge in [-0.1, -0.05) is 30.3 Å². The molecule has 3 rings (SSSR count). The summed E-state index contributed by atoms with van der Waals surface area (Å²) in [5.74, 6) is 0.163. The molecule has 0 atom stereocenters. The standard InChI is InChI=1S/C20H17IN2O4/c1-12(24)27-19-16(21)10-13(11-17(19)26-3)9-15-18(22-23(2)20(15)25)14-7-5-4-6-8-14/h4-11H,1-3H3. The molecule has 2 aromatic rings. The van der Waals surface area contributed by atoms with Crippen molar-refractivity contribution in [1.82, 2.24) is 5.01 Å². The lowest BCUT2D eigenvalue weighted by atomic mass is 10.0. The van der Waals surface area contributed by atoms with Gasteiger partial charge in [-0.15, -0.1) is 0 Å². The summed E-state index contributed by atoms with van der Waals surface area (Å²) in [5, 5.41) is 5.69. The second-order valence-electron chi connectivity index (χ2n) is 5.83. The normalized spacial score (nSPS) is 15.1. The fraction of sp³-hybridized carbons (Fsp3) is 0.150. The predicted molar refractivity (Wildman–Crippen MR) is 111 cm³/mol. The Morgan fingerprint density at radius 1 is 1.22 bits per heavy atom.